The molecule has 0 saturated carbocycles. The third kappa shape index (κ3) is 3.80. The van der Waals surface area contributed by atoms with Gasteiger partial charge in [0.25, 0.3) is 5.56 Å². The molecule has 0 aliphatic rings. The van der Waals surface area contributed by atoms with E-state index in [1.54, 1.807) is 18.0 Å². The van der Waals surface area contributed by atoms with E-state index in [0.717, 1.165) is 0 Å². The molecule has 0 bridgehead atoms. The fourth-order valence-corrected chi connectivity index (χ4v) is 2.10. The molecule has 0 aliphatic heterocycles. The summed E-state index contributed by atoms with van der Waals surface area (Å²) in [6.45, 7) is 4.94. The van der Waals surface area contributed by atoms with E-state index >= 15 is 0 Å². The largest absolute Gasteiger partial charge is 0.381 e. The van der Waals surface area contributed by atoms with Crippen molar-refractivity contribution < 1.29 is 0 Å². The van der Waals surface area contributed by atoms with Crippen molar-refractivity contribution in [2.45, 2.75) is 18.6 Å². The van der Waals surface area contributed by atoms with E-state index < -0.39 is 0 Å². The van der Waals surface area contributed by atoms with Crippen molar-refractivity contribution in [1.29, 1.82) is 0 Å². The standard InChI is InChI=1S/C15H18ClN3OS/c1-15(2,21-3)10-17-12-9-18-19(14(20)13(12)16)11-7-5-4-6-8-11/h4-9,17H,10H2,1-3H3. The number of hydrogen-bond donors (Lipinski definition) is 1. The summed E-state index contributed by atoms with van der Waals surface area (Å²) in [6.07, 6.45) is 3.64. The molecule has 1 heterocycles. The average molecular weight is 324 g/mol. The van der Waals surface area contributed by atoms with Gasteiger partial charge in [-0.15, -0.1) is 0 Å². The normalized spacial score (nSPS) is 11.4. The zero-order valence-electron chi connectivity index (χ0n) is 12.3. The van der Waals surface area contributed by atoms with Crippen LogP contribution < -0.4 is 10.9 Å². The number of nitrogens with one attached hydrogen (secondary N) is 1. The number of benzene rings is 1. The van der Waals surface area contributed by atoms with Crippen molar-refractivity contribution >= 4 is 29.1 Å². The minimum Gasteiger partial charge on any atom is -0.381 e. The molecule has 4 nitrogen and oxygen atoms in total. The first-order chi connectivity index (χ1) is 9.94. The third-order valence-electron chi connectivity index (χ3n) is 3.18. The maximum absolute atomic E-state index is 12.3. The van der Waals surface area contributed by atoms with E-state index in [1.165, 1.54) is 4.68 Å². The van der Waals surface area contributed by atoms with Crippen LogP contribution in [0.25, 0.3) is 5.69 Å². The van der Waals surface area contributed by atoms with E-state index in [-0.39, 0.29) is 15.3 Å². The Morgan fingerprint density at radius 1 is 1.33 bits per heavy atom. The van der Waals surface area contributed by atoms with Crippen LogP contribution in [-0.2, 0) is 0 Å². The molecule has 0 fully saturated rings. The lowest BCUT2D eigenvalue weighted by Gasteiger charge is -2.23. The summed E-state index contributed by atoms with van der Waals surface area (Å²) in [5, 5.41) is 7.54. The van der Waals surface area contributed by atoms with Crippen molar-refractivity contribution in [3.05, 3.63) is 51.9 Å². The van der Waals surface area contributed by atoms with Crippen LogP contribution in [0.1, 0.15) is 13.8 Å². The van der Waals surface area contributed by atoms with E-state index in [4.69, 9.17) is 11.6 Å². The SMILES string of the molecule is CSC(C)(C)CNc1cnn(-c2ccccc2)c(=O)c1Cl. The summed E-state index contributed by atoms with van der Waals surface area (Å²) in [4.78, 5) is 12.3. The van der Waals surface area contributed by atoms with Crippen molar-refractivity contribution in [2.75, 3.05) is 18.1 Å². The number of nitrogens with zero attached hydrogens (tertiary/aromatic N) is 2. The molecule has 2 aromatic rings. The van der Waals surface area contributed by atoms with Gasteiger partial charge in [-0.25, -0.2) is 0 Å². The Balaban J connectivity index is 2.29. The molecule has 1 aromatic carbocycles. The number of anilines is 1. The second-order valence-corrected chi connectivity index (χ2v) is 7.13. The van der Waals surface area contributed by atoms with Crippen molar-refractivity contribution in [3.63, 3.8) is 0 Å². The summed E-state index contributed by atoms with van der Waals surface area (Å²) in [6, 6.07) is 9.22. The minimum absolute atomic E-state index is 0.0532. The van der Waals surface area contributed by atoms with Gasteiger partial charge in [0, 0.05) is 11.3 Å². The van der Waals surface area contributed by atoms with Crippen molar-refractivity contribution in [3.8, 4) is 5.69 Å². The van der Waals surface area contributed by atoms with Gasteiger partial charge in [-0.1, -0.05) is 29.8 Å². The molecule has 0 atom stereocenters. The fraction of sp³-hybridized carbons (Fsp3) is 0.333. The van der Waals surface area contributed by atoms with Gasteiger partial charge >= 0.3 is 0 Å². The Morgan fingerprint density at radius 2 is 2.00 bits per heavy atom. The molecular formula is C15H18ClN3OS. The molecule has 1 aromatic heterocycles. The minimum atomic E-state index is -0.324. The zero-order valence-corrected chi connectivity index (χ0v) is 13.8. The number of aromatic nitrogens is 2. The van der Waals surface area contributed by atoms with Crippen molar-refractivity contribution in [2.24, 2.45) is 0 Å². The molecule has 6 heteroatoms. The zero-order chi connectivity index (χ0) is 15.5. The van der Waals surface area contributed by atoms with E-state index in [1.807, 2.05) is 30.3 Å². The van der Waals surface area contributed by atoms with Crippen LogP contribution in [0.3, 0.4) is 0 Å². The smallest absolute Gasteiger partial charge is 0.292 e. The molecular weight excluding hydrogens is 306 g/mol. The molecule has 21 heavy (non-hydrogen) atoms. The summed E-state index contributed by atoms with van der Waals surface area (Å²) < 4.78 is 1.35. The maximum Gasteiger partial charge on any atom is 0.292 e. The highest BCUT2D eigenvalue weighted by Gasteiger charge is 2.17. The van der Waals surface area contributed by atoms with Crippen LogP contribution in [0.2, 0.25) is 5.02 Å². The Bertz CT molecular complexity index is 670. The van der Waals surface area contributed by atoms with Gasteiger partial charge in [0.15, 0.2) is 0 Å². The Hall–Kier alpha value is -1.46. The lowest BCUT2D eigenvalue weighted by atomic mass is 10.2. The molecule has 112 valence electrons. The molecule has 1 N–H and O–H groups in total. The highest BCUT2D eigenvalue weighted by Crippen LogP contribution is 2.23. The van der Waals surface area contributed by atoms with Gasteiger partial charge in [0.2, 0.25) is 0 Å². The van der Waals surface area contributed by atoms with Crippen LogP contribution in [0.15, 0.2) is 41.3 Å². The summed E-state index contributed by atoms with van der Waals surface area (Å²) >= 11 is 7.92. The molecule has 0 amide bonds. The molecule has 0 saturated heterocycles. The van der Waals surface area contributed by atoms with Crippen LogP contribution >= 0.6 is 23.4 Å². The average Bonchev–Trinajstić information content (AvgIpc) is 2.50. The van der Waals surface area contributed by atoms with E-state index in [9.17, 15) is 4.79 Å². The predicted molar refractivity (Wildman–Crippen MR) is 90.9 cm³/mol. The topological polar surface area (TPSA) is 46.9 Å². The third-order valence-corrected chi connectivity index (χ3v) is 4.79. The van der Waals surface area contributed by atoms with Gasteiger partial charge in [-0.05, 0) is 32.2 Å². The molecule has 2 rings (SSSR count). The number of halogens is 1. The van der Waals surface area contributed by atoms with Gasteiger partial charge in [0.1, 0.15) is 5.02 Å². The number of para-hydroxylation sites is 1. The van der Waals surface area contributed by atoms with Gasteiger partial charge in [-0.3, -0.25) is 4.79 Å². The van der Waals surface area contributed by atoms with E-state index in [2.05, 4.69) is 30.5 Å². The van der Waals surface area contributed by atoms with Gasteiger partial charge < -0.3 is 5.32 Å². The summed E-state index contributed by atoms with van der Waals surface area (Å²) in [5.74, 6) is 0. The summed E-state index contributed by atoms with van der Waals surface area (Å²) in [7, 11) is 0. The molecule has 0 spiro atoms. The van der Waals surface area contributed by atoms with Crippen LogP contribution in [0.5, 0.6) is 0 Å². The van der Waals surface area contributed by atoms with Crippen LogP contribution in [0, 0.1) is 0 Å². The van der Waals surface area contributed by atoms with Crippen molar-refractivity contribution in [1.82, 2.24) is 9.78 Å². The first-order valence-electron chi connectivity index (χ1n) is 6.57. The first kappa shape index (κ1) is 15.9. The van der Waals surface area contributed by atoms with Gasteiger partial charge in [0.05, 0.1) is 17.6 Å². The monoisotopic (exact) mass is 323 g/mol. The Labute approximate surface area is 133 Å². The quantitative estimate of drug-likeness (QED) is 0.915. The number of rotatable bonds is 5. The highest BCUT2D eigenvalue weighted by atomic mass is 35.5. The molecule has 0 unspecified atom stereocenters. The second kappa shape index (κ2) is 6.54. The first-order valence-corrected chi connectivity index (χ1v) is 8.17. The lowest BCUT2D eigenvalue weighted by Crippen LogP contribution is -2.28. The fourth-order valence-electron chi connectivity index (χ4n) is 1.69. The highest BCUT2D eigenvalue weighted by molar-refractivity contribution is 7.99. The molecule has 0 radical (unpaired) electrons. The number of thioether (sulfide) groups is 1. The lowest BCUT2D eigenvalue weighted by molar-refractivity contribution is 0.748. The van der Waals surface area contributed by atoms with Crippen LogP contribution in [0.4, 0.5) is 5.69 Å². The van der Waals surface area contributed by atoms with Gasteiger partial charge in [-0.2, -0.15) is 21.5 Å². The predicted octanol–water partition coefficient (Wildman–Crippen LogP) is 3.44. The Kier molecular flexibility index (Phi) is 4.96. The second-order valence-electron chi connectivity index (χ2n) is 5.24. The number of hydrogen-bond acceptors (Lipinski definition) is 4. The summed E-state index contributed by atoms with van der Waals surface area (Å²) in [5.41, 5.74) is 0.936. The maximum atomic E-state index is 12.3. The Morgan fingerprint density at radius 3 is 2.62 bits per heavy atom. The van der Waals surface area contributed by atoms with E-state index in [0.29, 0.717) is 17.9 Å². The van der Waals surface area contributed by atoms with Crippen LogP contribution in [-0.4, -0.2) is 27.3 Å². The molecule has 0 aliphatic carbocycles.